The summed E-state index contributed by atoms with van der Waals surface area (Å²) in [5.74, 6) is 0.942. The number of halogens is 1. The van der Waals surface area contributed by atoms with Crippen LogP contribution in [-0.4, -0.2) is 55.2 Å². The molecular weight excluding hydrogens is 403 g/mol. The fraction of sp³-hybridized carbons (Fsp3) is 0.350. The third-order valence-electron chi connectivity index (χ3n) is 4.86. The molecule has 1 saturated heterocycles. The lowest BCUT2D eigenvalue weighted by Gasteiger charge is -2.27. The minimum atomic E-state index is -1.13. The van der Waals surface area contributed by atoms with Crippen LogP contribution in [0.5, 0.6) is 5.75 Å². The van der Waals surface area contributed by atoms with Crippen LogP contribution in [0.25, 0.3) is 11.4 Å². The second kappa shape index (κ2) is 9.03. The van der Waals surface area contributed by atoms with Crippen molar-refractivity contribution in [1.82, 2.24) is 30.0 Å². The van der Waals surface area contributed by atoms with Gasteiger partial charge in [0.2, 0.25) is 5.95 Å². The highest BCUT2D eigenvalue weighted by molar-refractivity contribution is 5.63. The molecule has 1 fully saturated rings. The molecule has 0 saturated carbocycles. The van der Waals surface area contributed by atoms with Gasteiger partial charge in [0.05, 0.1) is 17.9 Å². The molecule has 0 aliphatic carbocycles. The molecule has 2 atom stereocenters. The molecule has 0 bridgehead atoms. The number of aryl methyl sites for hydroxylation is 1. The monoisotopic (exact) mass is 424 g/mol. The molecule has 1 aromatic carbocycles. The Balaban J connectivity index is 1.57. The Bertz CT molecular complexity index is 1110. The third-order valence-corrected chi connectivity index (χ3v) is 4.86. The molecule has 11 heteroatoms. The van der Waals surface area contributed by atoms with Crippen LogP contribution in [0, 0.1) is 11.3 Å². The topological polar surface area (TPSA) is 134 Å². The number of aliphatic hydroxyl groups is 1. The fourth-order valence-corrected chi connectivity index (χ4v) is 3.32. The second-order valence-electron chi connectivity index (χ2n) is 7.07. The van der Waals surface area contributed by atoms with Gasteiger partial charge in [-0.15, -0.1) is 0 Å². The summed E-state index contributed by atoms with van der Waals surface area (Å²) in [7, 11) is 1.74. The number of rotatable bonds is 6. The Hall–Kier alpha value is -3.62. The number of nitrogens with one attached hydrogen (secondary N) is 2. The van der Waals surface area contributed by atoms with Gasteiger partial charge in [0, 0.05) is 25.4 Å². The Labute approximate surface area is 177 Å². The Morgan fingerprint density at radius 1 is 1.42 bits per heavy atom. The van der Waals surface area contributed by atoms with Crippen molar-refractivity contribution < 1.29 is 14.2 Å². The summed E-state index contributed by atoms with van der Waals surface area (Å²) in [5.41, 5.74) is 1.89. The molecule has 0 unspecified atom stereocenters. The van der Waals surface area contributed by atoms with Crippen molar-refractivity contribution in [2.45, 2.75) is 25.3 Å². The van der Waals surface area contributed by atoms with E-state index in [9.17, 15) is 14.8 Å². The first-order valence-corrected chi connectivity index (χ1v) is 9.72. The van der Waals surface area contributed by atoms with Crippen LogP contribution in [0.4, 0.5) is 16.0 Å². The molecule has 3 aromatic rings. The maximum atomic E-state index is 14.1. The molecule has 1 aliphatic rings. The number of anilines is 2. The van der Waals surface area contributed by atoms with Gasteiger partial charge in [0.15, 0.2) is 5.82 Å². The zero-order valence-corrected chi connectivity index (χ0v) is 16.8. The predicted octanol–water partition coefficient (Wildman–Crippen LogP) is 1.46. The summed E-state index contributed by atoms with van der Waals surface area (Å²) in [4.78, 5) is 12.7. The normalized spacial score (nSPS) is 18.4. The van der Waals surface area contributed by atoms with Crippen LogP contribution in [0.1, 0.15) is 17.7 Å². The van der Waals surface area contributed by atoms with Crippen molar-refractivity contribution >= 4 is 11.6 Å². The minimum Gasteiger partial charge on any atom is -0.486 e. The molecular formula is C20H21FN8O2. The van der Waals surface area contributed by atoms with Crippen LogP contribution in [0.3, 0.4) is 0 Å². The Morgan fingerprint density at radius 2 is 2.29 bits per heavy atom. The van der Waals surface area contributed by atoms with E-state index in [2.05, 4.69) is 36.8 Å². The highest BCUT2D eigenvalue weighted by Crippen LogP contribution is 2.27. The molecule has 3 heterocycles. The first-order valence-electron chi connectivity index (χ1n) is 9.72. The molecule has 3 N–H and O–H groups in total. The highest BCUT2D eigenvalue weighted by Gasteiger charge is 2.27. The van der Waals surface area contributed by atoms with E-state index in [-0.39, 0.29) is 24.7 Å². The van der Waals surface area contributed by atoms with Crippen molar-refractivity contribution in [1.29, 1.82) is 5.26 Å². The summed E-state index contributed by atoms with van der Waals surface area (Å²) in [6, 6.07) is 7.04. The zero-order valence-electron chi connectivity index (χ0n) is 16.8. The SMILES string of the molecule is Cn1cc(Nc2ncnc(-c3ccc(O[C@H]4CCNC[C@H]4F)c(C#N)c3)n2)c(CO)n1. The summed E-state index contributed by atoms with van der Waals surface area (Å²) >= 11 is 0. The number of ether oxygens (including phenoxy) is 1. The molecule has 0 amide bonds. The number of aliphatic hydroxyl groups excluding tert-OH is 1. The second-order valence-corrected chi connectivity index (χ2v) is 7.07. The number of aromatic nitrogens is 5. The van der Waals surface area contributed by atoms with E-state index in [1.54, 1.807) is 36.1 Å². The molecule has 31 heavy (non-hydrogen) atoms. The molecule has 10 nitrogen and oxygen atoms in total. The lowest BCUT2D eigenvalue weighted by Crippen LogP contribution is -2.44. The maximum absolute atomic E-state index is 14.1. The van der Waals surface area contributed by atoms with Gasteiger partial charge < -0.3 is 20.5 Å². The standard InChI is InChI=1S/C20H21FN8O2/c1-29-9-15(16(10-30)28-29)26-20-25-11-24-19(27-20)12-2-3-17(13(6-12)7-22)31-18-4-5-23-8-14(18)21/h2-3,6,9,11,14,18,23,30H,4-5,8,10H2,1H3,(H,24,25,26,27)/t14-,18+/m1/s1. The van der Waals surface area contributed by atoms with Gasteiger partial charge in [0.25, 0.3) is 0 Å². The van der Waals surface area contributed by atoms with Crippen molar-refractivity contribution in [3.63, 3.8) is 0 Å². The summed E-state index contributed by atoms with van der Waals surface area (Å²) in [6.45, 7) is 0.672. The highest BCUT2D eigenvalue weighted by atomic mass is 19.1. The number of hydrogen-bond acceptors (Lipinski definition) is 9. The third kappa shape index (κ3) is 4.60. The van der Waals surface area contributed by atoms with Gasteiger partial charge in [-0.3, -0.25) is 4.68 Å². The number of nitriles is 1. The van der Waals surface area contributed by atoms with Gasteiger partial charge in [0.1, 0.15) is 36.1 Å². The summed E-state index contributed by atoms with van der Waals surface area (Å²) in [6.07, 6.45) is 1.86. The van der Waals surface area contributed by atoms with E-state index in [1.165, 1.54) is 6.33 Å². The van der Waals surface area contributed by atoms with E-state index < -0.39 is 12.3 Å². The van der Waals surface area contributed by atoms with Crippen LogP contribution in [0.2, 0.25) is 0 Å². The number of alkyl halides is 1. The maximum Gasteiger partial charge on any atom is 0.230 e. The van der Waals surface area contributed by atoms with Gasteiger partial charge in [-0.2, -0.15) is 15.3 Å². The molecule has 4 rings (SSSR count). The first-order chi connectivity index (χ1) is 15.1. The van der Waals surface area contributed by atoms with Crippen LogP contribution >= 0.6 is 0 Å². The molecule has 0 spiro atoms. The number of benzene rings is 1. The molecule has 1 aliphatic heterocycles. The molecule has 0 radical (unpaired) electrons. The van der Waals surface area contributed by atoms with E-state index in [0.717, 1.165) is 0 Å². The minimum absolute atomic E-state index is 0.231. The average Bonchev–Trinajstić information content (AvgIpc) is 3.14. The van der Waals surface area contributed by atoms with Crippen LogP contribution in [-0.2, 0) is 13.7 Å². The van der Waals surface area contributed by atoms with E-state index in [1.807, 2.05) is 0 Å². The van der Waals surface area contributed by atoms with E-state index >= 15 is 0 Å². The predicted molar refractivity (Wildman–Crippen MR) is 109 cm³/mol. The average molecular weight is 424 g/mol. The van der Waals surface area contributed by atoms with E-state index in [4.69, 9.17) is 4.74 Å². The van der Waals surface area contributed by atoms with Gasteiger partial charge in [-0.25, -0.2) is 14.4 Å². The summed E-state index contributed by atoms with van der Waals surface area (Å²) in [5, 5.41) is 29.1. The van der Waals surface area contributed by atoms with Crippen molar-refractivity contribution in [3.05, 3.63) is 42.0 Å². The molecule has 160 valence electrons. The van der Waals surface area contributed by atoms with Crippen molar-refractivity contribution in [2.24, 2.45) is 7.05 Å². The largest absolute Gasteiger partial charge is 0.486 e. The number of piperidine rings is 1. The number of nitrogens with zero attached hydrogens (tertiary/aromatic N) is 6. The van der Waals surface area contributed by atoms with Crippen molar-refractivity contribution in [3.8, 4) is 23.2 Å². The van der Waals surface area contributed by atoms with Crippen LogP contribution in [0.15, 0.2) is 30.7 Å². The van der Waals surface area contributed by atoms with Crippen molar-refractivity contribution in [2.75, 3.05) is 18.4 Å². The Morgan fingerprint density at radius 3 is 3.06 bits per heavy atom. The number of hydrogen-bond donors (Lipinski definition) is 3. The Kier molecular flexibility index (Phi) is 6.01. The van der Waals surface area contributed by atoms with E-state index in [0.29, 0.717) is 41.5 Å². The van der Waals surface area contributed by atoms with Crippen LogP contribution < -0.4 is 15.4 Å². The molecule has 2 aromatic heterocycles. The first kappa shape index (κ1) is 20.6. The van der Waals surface area contributed by atoms with Gasteiger partial charge in [-0.05, 0) is 31.2 Å². The van der Waals surface area contributed by atoms with Gasteiger partial charge >= 0.3 is 0 Å². The fourth-order valence-electron chi connectivity index (χ4n) is 3.32. The lowest BCUT2D eigenvalue weighted by molar-refractivity contribution is 0.0729. The van der Waals surface area contributed by atoms with Gasteiger partial charge in [-0.1, -0.05) is 0 Å². The quantitative estimate of drug-likeness (QED) is 0.537. The lowest BCUT2D eigenvalue weighted by atomic mass is 10.1. The summed E-state index contributed by atoms with van der Waals surface area (Å²) < 4.78 is 21.4. The zero-order chi connectivity index (χ0) is 21.8. The smallest absolute Gasteiger partial charge is 0.230 e.